The van der Waals surface area contributed by atoms with Gasteiger partial charge in [-0.1, -0.05) is 19.1 Å². The van der Waals surface area contributed by atoms with Crippen LogP contribution < -0.4 is 5.32 Å². The summed E-state index contributed by atoms with van der Waals surface area (Å²) in [6.07, 6.45) is 0.392. The van der Waals surface area contributed by atoms with E-state index < -0.39 is 16.8 Å². The van der Waals surface area contributed by atoms with E-state index in [4.69, 9.17) is 5.11 Å². The Morgan fingerprint density at radius 3 is 2.63 bits per heavy atom. The van der Waals surface area contributed by atoms with Crippen LogP contribution in [-0.2, 0) is 15.6 Å². The number of amides is 1. The second kappa shape index (κ2) is 7.68. The smallest absolute Gasteiger partial charge is 0.303 e. The molecule has 6 heteroatoms. The minimum atomic E-state index is -1.19. The van der Waals surface area contributed by atoms with E-state index >= 15 is 0 Å². The van der Waals surface area contributed by atoms with Crippen molar-refractivity contribution in [3.05, 3.63) is 29.8 Å². The van der Waals surface area contributed by atoms with Crippen molar-refractivity contribution < 1.29 is 18.9 Å². The van der Waals surface area contributed by atoms with Crippen LogP contribution in [0.4, 0.5) is 0 Å². The maximum Gasteiger partial charge on any atom is 0.303 e. The topological polar surface area (TPSA) is 83.5 Å². The average Bonchev–Trinajstić information content (AvgIpc) is 2.42. The van der Waals surface area contributed by atoms with E-state index in [1.807, 2.05) is 0 Å². The molecule has 0 fully saturated rings. The van der Waals surface area contributed by atoms with E-state index in [2.05, 4.69) is 5.32 Å². The Labute approximate surface area is 114 Å². The Morgan fingerprint density at radius 1 is 1.32 bits per heavy atom. The molecule has 0 saturated heterocycles. The highest BCUT2D eigenvalue weighted by Gasteiger charge is 2.14. The number of hydrogen-bond donors (Lipinski definition) is 2. The van der Waals surface area contributed by atoms with Gasteiger partial charge in [0.05, 0.1) is 21.3 Å². The fourth-order valence-electron chi connectivity index (χ4n) is 1.55. The molecule has 0 heterocycles. The van der Waals surface area contributed by atoms with Crippen molar-refractivity contribution in [2.45, 2.75) is 24.7 Å². The fraction of sp³-hybridized carbons (Fsp3) is 0.385. The molecule has 0 aliphatic carbocycles. The minimum absolute atomic E-state index is 0.0167. The summed E-state index contributed by atoms with van der Waals surface area (Å²) in [5.41, 5.74) is 0.387. The lowest BCUT2D eigenvalue weighted by Gasteiger charge is -2.08. The summed E-state index contributed by atoms with van der Waals surface area (Å²) in [7, 11) is -1.19. The van der Waals surface area contributed by atoms with Crippen molar-refractivity contribution in [1.29, 1.82) is 0 Å². The zero-order valence-corrected chi connectivity index (χ0v) is 11.5. The van der Waals surface area contributed by atoms with Crippen LogP contribution in [0.3, 0.4) is 0 Å². The third-order valence-electron chi connectivity index (χ3n) is 2.49. The number of carboxylic acid groups (broad SMARTS) is 1. The summed E-state index contributed by atoms with van der Waals surface area (Å²) < 4.78 is 11.8. The predicted octanol–water partition coefficient (Wildman–Crippen LogP) is 1.41. The van der Waals surface area contributed by atoms with Gasteiger partial charge in [0.2, 0.25) is 0 Å². The van der Waals surface area contributed by atoms with Crippen molar-refractivity contribution in [2.24, 2.45) is 0 Å². The van der Waals surface area contributed by atoms with Crippen molar-refractivity contribution in [3.8, 4) is 0 Å². The van der Waals surface area contributed by atoms with Crippen molar-refractivity contribution >= 4 is 22.7 Å². The van der Waals surface area contributed by atoms with Crippen molar-refractivity contribution in [3.63, 3.8) is 0 Å². The number of aliphatic carboxylic acids is 1. The lowest BCUT2D eigenvalue weighted by molar-refractivity contribution is -0.137. The largest absolute Gasteiger partial charge is 0.481 e. The van der Waals surface area contributed by atoms with E-state index in [9.17, 15) is 13.8 Å². The van der Waals surface area contributed by atoms with Gasteiger partial charge in [-0.25, -0.2) is 0 Å². The van der Waals surface area contributed by atoms with Gasteiger partial charge in [0.1, 0.15) is 0 Å². The zero-order valence-electron chi connectivity index (χ0n) is 10.7. The lowest BCUT2D eigenvalue weighted by atomic mass is 10.2. The second-order valence-electron chi connectivity index (χ2n) is 3.88. The number of rotatable bonds is 7. The number of carbonyl (C=O) groups is 2. The second-order valence-corrected chi connectivity index (χ2v) is 5.59. The quantitative estimate of drug-likeness (QED) is 0.741. The molecule has 0 aliphatic rings. The molecule has 2 N–H and O–H groups in total. The first-order valence-electron chi connectivity index (χ1n) is 6.03. The van der Waals surface area contributed by atoms with Crippen LogP contribution >= 0.6 is 0 Å². The van der Waals surface area contributed by atoms with E-state index in [1.54, 1.807) is 31.2 Å². The van der Waals surface area contributed by atoms with Crippen LogP contribution in [0.5, 0.6) is 0 Å². The Kier molecular flexibility index (Phi) is 6.21. The Bertz CT molecular complexity index is 487. The first kappa shape index (κ1) is 15.4. The van der Waals surface area contributed by atoms with E-state index in [0.717, 1.165) is 0 Å². The third-order valence-corrected chi connectivity index (χ3v) is 3.86. The van der Waals surface area contributed by atoms with E-state index in [-0.39, 0.29) is 18.9 Å². The lowest BCUT2D eigenvalue weighted by Crippen LogP contribution is -2.26. The average molecular weight is 283 g/mol. The van der Waals surface area contributed by atoms with Gasteiger partial charge < -0.3 is 10.4 Å². The fourth-order valence-corrected chi connectivity index (χ4v) is 2.49. The summed E-state index contributed by atoms with van der Waals surface area (Å²) in [6.45, 7) is 2.08. The van der Waals surface area contributed by atoms with Crippen LogP contribution in [-0.4, -0.2) is 33.5 Å². The summed E-state index contributed by atoms with van der Waals surface area (Å²) in [6, 6.07) is 6.74. The standard InChI is InChI=1S/C13H17NO4S/c1-2-19(18)11-7-4-3-6-10(11)13(17)14-9-5-8-12(15)16/h3-4,6-7H,2,5,8-9H2,1H3,(H,14,17)(H,15,16). The van der Waals surface area contributed by atoms with Crippen LogP contribution in [0.15, 0.2) is 29.2 Å². The Hall–Kier alpha value is -1.69. The monoisotopic (exact) mass is 283 g/mol. The molecule has 0 aliphatic heterocycles. The summed E-state index contributed by atoms with van der Waals surface area (Å²) in [5, 5.41) is 11.1. The predicted molar refractivity (Wildman–Crippen MR) is 72.6 cm³/mol. The highest BCUT2D eigenvalue weighted by atomic mass is 32.2. The summed E-state index contributed by atoms with van der Waals surface area (Å²) in [4.78, 5) is 22.8. The number of carboxylic acids is 1. The molecular weight excluding hydrogens is 266 g/mol. The van der Waals surface area contributed by atoms with Crippen LogP contribution in [0, 0.1) is 0 Å². The number of nitrogens with one attached hydrogen (secondary N) is 1. The van der Waals surface area contributed by atoms with E-state index in [0.29, 0.717) is 22.6 Å². The molecular formula is C13H17NO4S. The van der Waals surface area contributed by atoms with Gasteiger partial charge >= 0.3 is 5.97 Å². The van der Waals surface area contributed by atoms with Crippen LogP contribution in [0.2, 0.25) is 0 Å². The van der Waals surface area contributed by atoms with Crippen molar-refractivity contribution in [1.82, 2.24) is 5.32 Å². The summed E-state index contributed by atoms with van der Waals surface area (Å²) >= 11 is 0. The van der Waals surface area contributed by atoms with Gasteiger partial charge in [0, 0.05) is 18.7 Å². The van der Waals surface area contributed by atoms with Gasteiger partial charge in [-0.15, -0.1) is 0 Å². The molecule has 1 aromatic rings. The van der Waals surface area contributed by atoms with Gasteiger partial charge in [-0.3, -0.25) is 13.8 Å². The first-order chi connectivity index (χ1) is 9.06. The Morgan fingerprint density at radius 2 is 2.00 bits per heavy atom. The maximum atomic E-state index is 11.9. The normalized spacial score (nSPS) is 11.8. The molecule has 0 bridgehead atoms. The number of hydrogen-bond acceptors (Lipinski definition) is 3. The molecule has 5 nitrogen and oxygen atoms in total. The zero-order chi connectivity index (χ0) is 14.3. The molecule has 0 aromatic heterocycles. The van der Waals surface area contributed by atoms with Gasteiger partial charge in [0.25, 0.3) is 5.91 Å². The van der Waals surface area contributed by atoms with E-state index in [1.165, 1.54) is 0 Å². The molecule has 1 aromatic carbocycles. The molecule has 1 amide bonds. The molecule has 104 valence electrons. The molecule has 1 unspecified atom stereocenters. The SMILES string of the molecule is CCS(=O)c1ccccc1C(=O)NCCCC(=O)O. The van der Waals surface area contributed by atoms with Gasteiger partial charge in [0.15, 0.2) is 0 Å². The van der Waals surface area contributed by atoms with Crippen LogP contribution in [0.1, 0.15) is 30.1 Å². The first-order valence-corrected chi connectivity index (χ1v) is 7.35. The molecule has 1 atom stereocenters. The summed E-state index contributed by atoms with van der Waals surface area (Å²) in [5.74, 6) is -0.756. The maximum absolute atomic E-state index is 11.9. The number of benzene rings is 1. The Balaban J connectivity index is 2.66. The number of carbonyl (C=O) groups excluding carboxylic acids is 1. The third kappa shape index (κ3) is 4.82. The molecule has 0 saturated carbocycles. The molecule has 0 spiro atoms. The highest BCUT2D eigenvalue weighted by Crippen LogP contribution is 2.13. The van der Waals surface area contributed by atoms with Gasteiger partial charge in [-0.2, -0.15) is 0 Å². The molecule has 1 rings (SSSR count). The van der Waals surface area contributed by atoms with Crippen LogP contribution in [0.25, 0.3) is 0 Å². The molecule has 0 radical (unpaired) electrons. The van der Waals surface area contributed by atoms with Gasteiger partial charge in [-0.05, 0) is 18.6 Å². The minimum Gasteiger partial charge on any atom is -0.481 e. The van der Waals surface area contributed by atoms with Crippen molar-refractivity contribution in [2.75, 3.05) is 12.3 Å². The molecule has 19 heavy (non-hydrogen) atoms. The highest BCUT2D eigenvalue weighted by molar-refractivity contribution is 7.85.